The molecule has 0 unspecified atom stereocenters. The zero-order chi connectivity index (χ0) is 28.2. The van der Waals surface area contributed by atoms with Crippen LogP contribution < -0.4 is 10.7 Å². The number of H-pyrrole nitrogens is 1. The molecule has 1 aliphatic heterocycles. The van der Waals surface area contributed by atoms with Crippen LogP contribution in [0.1, 0.15) is 43.9 Å². The molecule has 6 rings (SSSR count). The number of piperidine rings is 1. The lowest BCUT2D eigenvalue weighted by molar-refractivity contribution is 0.381. The molecule has 2 aromatic carbocycles. The minimum absolute atomic E-state index is 0.0924. The summed E-state index contributed by atoms with van der Waals surface area (Å²) in [6, 6.07) is 12.7. The van der Waals surface area contributed by atoms with Gasteiger partial charge < -0.3 is 14.9 Å². The molecule has 5 aromatic rings. The summed E-state index contributed by atoms with van der Waals surface area (Å²) in [5.41, 5.74) is 4.55. The quantitative estimate of drug-likeness (QED) is 0.281. The molecule has 8 nitrogen and oxygen atoms in total. The Labute approximate surface area is 230 Å². The number of halogens is 1. The first-order valence-electron chi connectivity index (χ1n) is 13.3. The number of benzene rings is 2. The Morgan fingerprint density at radius 1 is 1.12 bits per heavy atom. The SMILES string of the molecule is CC(C)Cc1cc2c(=O)c3c4ccc(C#N)cc4[nH]c3n(C3CCNCC3)c2cc1-c1cncc(S(=O)(=O)F)c1. The number of fused-ring (bicyclic) bond motifs is 4. The summed E-state index contributed by atoms with van der Waals surface area (Å²) < 4.78 is 39.5. The van der Waals surface area contributed by atoms with Crippen LogP contribution in [-0.4, -0.2) is 36.0 Å². The summed E-state index contributed by atoms with van der Waals surface area (Å²) >= 11 is 0. The lowest BCUT2D eigenvalue weighted by atomic mass is 9.91. The first-order chi connectivity index (χ1) is 19.2. The molecule has 0 radical (unpaired) electrons. The van der Waals surface area contributed by atoms with Gasteiger partial charge in [-0.05, 0) is 79.7 Å². The van der Waals surface area contributed by atoms with Crippen molar-refractivity contribution in [1.29, 1.82) is 5.26 Å². The van der Waals surface area contributed by atoms with Gasteiger partial charge in [0.25, 0.3) is 0 Å². The molecule has 4 heterocycles. The second kappa shape index (κ2) is 9.84. The Kier molecular flexibility index (Phi) is 6.44. The molecule has 2 N–H and O–H groups in total. The molecule has 1 aliphatic rings. The summed E-state index contributed by atoms with van der Waals surface area (Å²) in [6.45, 7) is 5.80. The van der Waals surface area contributed by atoms with Gasteiger partial charge in [-0.15, -0.1) is 3.89 Å². The first kappa shape index (κ1) is 26.2. The van der Waals surface area contributed by atoms with E-state index in [1.54, 1.807) is 12.1 Å². The second-order valence-electron chi connectivity index (χ2n) is 10.9. The molecule has 204 valence electrons. The van der Waals surface area contributed by atoms with Crippen molar-refractivity contribution in [1.82, 2.24) is 19.9 Å². The number of nitriles is 1. The summed E-state index contributed by atoms with van der Waals surface area (Å²) in [5, 5.41) is 14.8. The smallest absolute Gasteiger partial charge is 0.333 e. The van der Waals surface area contributed by atoms with Crippen molar-refractivity contribution in [3.63, 3.8) is 0 Å². The second-order valence-corrected chi connectivity index (χ2v) is 12.2. The molecule has 0 saturated carbocycles. The maximum atomic E-state index is 14.2. The highest BCUT2D eigenvalue weighted by atomic mass is 32.3. The Bertz CT molecular complexity index is 2020. The van der Waals surface area contributed by atoms with Crippen molar-refractivity contribution < 1.29 is 12.3 Å². The minimum Gasteiger partial charge on any atom is -0.340 e. The van der Waals surface area contributed by atoms with Crippen LogP contribution >= 0.6 is 0 Å². The third kappa shape index (κ3) is 4.45. The van der Waals surface area contributed by atoms with Gasteiger partial charge in [0.1, 0.15) is 10.5 Å². The third-order valence-electron chi connectivity index (χ3n) is 7.71. The average molecular weight is 558 g/mol. The van der Waals surface area contributed by atoms with E-state index in [1.807, 2.05) is 18.2 Å². The lowest BCUT2D eigenvalue weighted by Crippen LogP contribution is -2.30. The highest BCUT2D eigenvalue weighted by molar-refractivity contribution is 7.86. The van der Waals surface area contributed by atoms with Crippen molar-refractivity contribution in [3.8, 4) is 17.2 Å². The molecule has 0 bridgehead atoms. The number of nitrogens with one attached hydrogen (secondary N) is 2. The Balaban J connectivity index is 1.75. The van der Waals surface area contributed by atoms with Crippen molar-refractivity contribution in [2.45, 2.75) is 44.0 Å². The minimum atomic E-state index is -4.95. The van der Waals surface area contributed by atoms with E-state index in [-0.39, 0.29) is 17.4 Å². The van der Waals surface area contributed by atoms with Crippen LogP contribution in [0.15, 0.2) is 58.5 Å². The van der Waals surface area contributed by atoms with Gasteiger partial charge in [-0.25, -0.2) is 0 Å². The zero-order valence-corrected chi connectivity index (χ0v) is 23.0. The van der Waals surface area contributed by atoms with Crippen molar-refractivity contribution in [2.75, 3.05) is 13.1 Å². The fourth-order valence-electron chi connectivity index (χ4n) is 5.95. The summed E-state index contributed by atoms with van der Waals surface area (Å²) in [6.07, 6.45) is 4.86. The number of nitrogens with zero attached hydrogens (tertiary/aromatic N) is 3. The van der Waals surface area contributed by atoms with E-state index >= 15 is 0 Å². The topological polar surface area (TPSA) is 121 Å². The number of aromatic nitrogens is 3. The van der Waals surface area contributed by atoms with Gasteiger partial charge in [0.05, 0.1) is 22.5 Å². The molecule has 0 aliphatic carbocycles. The van der Waals surface area contributed by atoms with Crippen LogP contribution in [0.4, 0.5) is 3.89 Å². The number of hydrogen-bond donors (Lipinski definition) is 2. The number of hydrogen-bond acceptors (Lipinski definition) is 6. The Morgan fingerprint density at radius 2 is 1.90 bits per heavy atom. The van der Waals surface area contributed by atoms with Crippen molar-refractivity contribution in [2.24, 2.45) is 5.92 Å². The maximum Gasteiger partial charge on any atom is 0.333 e. The number of pyridine rings is 2. The van der Waals surface area contributed by atoms with Gasteiger partial charge in [-0.3, -0.25) is 9.78 Å². The van der Waals surface area contributed by atoms with Crippen molar-refractivity contribution >= 4 is 43.1 Å². The normalized spacial score (nSPS) is 14.9. The van der Waals surface area contributed by atoms with Gasteiger partial charge >= 0.3 is 10.2 Å². The largest absolute Gasteiger partial charge is 0.340 e. The van der Waals surface area contributed by atoms with E-state index in [0.29, 0.717) is 45.0 Å². The van der Waals surface area contributed by atoms with Gasteiger partial charge in [0, 0.05) is 40.3 Å². The van der Waals surface area contributed by atoms with Gasteiger partial charge in [0.2, 0.25) is 0 Å². The van der Waals surface area contributed by atoms with Crippen LogP contribution in [0, 0.1) is 17.2 Å². The van der Waals surface area contributed by atoms with Crippen LogP contribution in [0.3, 0.4) is 0 Å². The Morgan fingerprint density at radius 3 is 2.60 bits per heavy atom. The van der Waals surface area contributed by atoms with E-state index in [1.165, 1.54) is 12.3 Å². The average Bonchev–Trinajstić information content (AvgIpc) is 3.31. The highest BCUT2D eigenvalue weighted by Crippen LogP contribution is 2.36. The highest BCUT2D eigenvalue weighted by Gasteiger charge is 2.25. The standard InChI is InChI=1S/C30H28FN5O3S/c1-17(2)9-19-12-25-27(13-24(19)20-11-22(16-34-15-20)40(31,38)39)36(21-5-7-33-8-6-21)30-28(29(25)37)23-4-3-18(14-32)10-26(23)35-30/h3-4,10-13,15-17,21,33,35H,5-9H2,1-2H3. The van der Waals surface area contributed by atoms with E-state index < -0.39 is 15.1 Å². The van der Waals surface area contributed by atoms with E-state index in [0.717, 1.165) is 48.6 Å². The monoisotopic (exact) mass is 557 g/mol. The molecule has 10 heteroatoms. The molecule has 1 saturated heterocycles. The first-order valence-corrected chi connectivity index (χ1v) is 14.7. The fourth-order valence-corrected chi connectivity index (χ4v) is 6.41. The fraction of sp³-hybridized carbons (Fsp3) is 0.300. The third-order valence-corrected chi connectivity index (χ3v) is 8.50. The zero-order valence-electron chi connectivity index (χ0n) is 22.2. The molecule has 0 spiro atoms. The van der Waals surface area contributed by atoms with Crippen LogP contribution in [0.25, 0.3) is 44.0 Å². The molecule has 1 fully saturated rings. The predicted molar refractivity (Wildman–Crippen MR) is 153 cm³/mol. The summed E-state index contributed by atoms with van der Waals surface area (Å²) in [5.74, 6) is 0.241. The Hall–Kier alpha value is -4.07. The van der Waals surface area contributed by atoms with Crippen LogP contribution in [-0.2, 0) is 16.6 Å². The molecule has 0 atom stereocenters. The van der Waals surface area contributed by atoms with Gasteiger partial charge in [0.15, 0.2) is 5.43 Å². The van der Waals surface area contributed by atoms with Crippen molar-refractivity contribution in [3.05, 3.63) is 70.1 Å². The molecule has 3 aromatic heterocycles. The summed E-state index contributed by atoms with van der Waals surface area (Å²) in [4.78, 5) is 21.1. The molecular formula is C30H28FN5O3S. The molecule has 0 amide bonds. The lowest BCUT2D eigenvalue weighted by Gasteiger charge is -2.28. The van der Waals surface area contributed by atoms with Crippen LogP contribution in [0.5, 0.6) is 0 Å². The number of rotatable bonds is 5. The van der Waals surface area contributed by atoms with E-state index in [2.05, 4.69) is 39.8 Å². The van der Waals surface area contributed by atoms with Crippen LogP contribution in [0.2, 0.25) is 0 Å². The summed E-state index contributed by atoms with van der Waals surface area (Å²) in [7, 11) is -4.95. The van der Waals surface area contributed by atoms with Gasteiger partial charge in [-0.1, -0.05) is 19.9 Å². The number of aromatic amines is 1. The molecule has 40 heavy (non-hydrogen) atoms. The predicted octanol–water partition coefficient (Wildman–Crippen LogP) is 5.35. The molecular weight excluding hydrogens is 529 g/mol. The van der Waals surface area contributed by atoms with E-state index in [9.17, 15) is 22.4 Å². The van der Waals surface area contributed by atoms with E-state index in [4.69, 9.17) is 0 Å². The maximum absolute atomic E-state index is 14.2. The van der Waals surface area contributed by atoms with Gasteiger partial charge in [-0.2, -0.15) is 13.7 Å².